The largest absolute Gasteiger partial charge is 0.380 e. The van der Waals surface area contributed by atoms with Crippen molar-refractivity contribution in [3.8, 4) is 0 Å². The van der Waals surface area contributed by atoms with Gasteiger partial charge in [0.05, 0.1) is 13.2 Å². The van der Waals surface area contributed by atoms with Crippen molar-refractivity contribution in [2.75, 3.05) is 39.8 Å². The van der Waals surface area contributed by atoms with Gasteiger partial charge >= 0.3 is 0 Å². The number of rotatable bonds is 6. The molecule has 0 unspecified atom stereocenters. The molecule has 2 rings (SSSR count). The van der Waals surface area contributed by atoms with Crippen LogP contribution in [0.25, 0.3) is 0 Å². The second-order valence-corrected chi connectivity index (χ2v) is 5.36. The summed E-state index contributed by atoms with van der Waals surface area (Å²) < 4.78 is 5.18. The Bertz CT molecular complexity index is 443. The summed E-state index contributed by atoms with van der Waals surface area (Å²) >= 11 is 0. The lowest BCUT2D eigenvalue weighted by molar-refractivity contribution is -0.122. The highest BCUT2D eigenvalue weighted by Gasteiger charge is 2.12. The first kappa shape index (κ1) is 15.9. The molecule has 1 aromatic rings. The van der Waals surface area contributed by atoms with Crippen LogP contribution in [0.5, 0.6) is 0 Å². The molecular weight excluding hydrogens is 266 g/mol. The molecule has 21 heavy (non-hydrogen) atoms. The minimum absolute atomic E-state index is 0.0871. The van der Waals surface area contributed by atoms with Gasteiger partial charge in [-0.3, -0.25) is 9.69 Å². The van der Waals surface area contributed by atoms with E-state index in [0.717, 1.165) is 43.7 Å². The van der Waals surface area contributed by atoms with Crippen LogP contribution in [0.4, 0.5) is 0 Å². The fourth-order valence-corrected chi connectivity index (χ4v) is 2.54. The van der Waals surface area contributed by atoms with E-state index in [0.29, 0.717) is 19.7 Å². The number of benzene rings is 1. The average molecular weight is 291 g/mol. The number of nitrogens with zero attached hydrogens (tertiary/aromatic N) is 1. The van der Waals surface area contributed by atoms with Gasteiger partial charge in [0.1, 0.15) is 0 Å². The molecule has 0 aliphatic carbocycles. The van der Waals surface area contributed by atoms with E-state index in [-0.39, 0.29) is 5.91 Å². The number of hydrogen-bond donors (Lipinski definition) is 2. The summed E-state index contributed by atoms with van der Waals surface area (Å²) in [5.41, 5.74) is 2.24. The van der Waals surface area contributed by atoms with E-state index in [1.165, 1.54) is 0 Å². The van der Waals surface area contributed by atoms with Crippen LogP contribution in [0, 0.1) is 0 Å². The highest BCUT2D eigenvalue weighted by molar-refractivity contribution is 5.78. The Morgan fingerprint density at radius 2 is 2.10 bits per heavy atom. The zero-order valence-corrected chi connectivity index (χ0v) is 12.7. The highest BCUT2D eigenvalue weighted by Crippen LogP contribution is 2.09. The minimum Gasteiger partial charge on any atom is -0.380 e. The molecule has 0 atom stereocenters. The van der Waals surface area contributed by atoms with Crippen molar-refractivity contribution in [3.63, 3.8) is 0 Å². The Balaban J connectivity index is 1.80. The Kier molecular flexibility index (Phi) is 6.66. The van der Waals surface area contributed by atoms with Gasteiger partial charge in [-0.15, -0.1) is 0 Å². The zero-order chi connectivity index (χ0) is 14.9. The average Bonchev–Trinajstić information content (AvgIpc) is 2.75. The van der Waals surface area contributed by atoms with E-state index in [1.54, 1.807) is 7.11 Å². The van der Waals surface area contributed by atoms with Crippen molar-refractivity contribution in [2.45, 2.75) is 19.6 Å². The van der Waals surface area contributed by atoms with Crippen LogP contribution in [-0.2, 0) is 22.7 Å². The van der Waals surface area contributed by atoms with Crippen LogP contribution in [-0.4, -0.2) is 50.6 Å². The monoisotopic (exact) mass is 291 g/mol. The SMILES string of the molecule is COCc1ccccc1CNC(=O)CN1CCCNCC1. The molecule has 1 aliphatic rings. The summed E-state index contributed by atoms with van der Waals surface area (Å²) in [6.07, 6.45) is 1.10. The third-order valence-electron chi connectivity index (χ3n) is 3.69. The number of hydrogen-bond acceptors (Lipinski definition) is 4. The maximum atomic E-state index is 12.1. The molecule has 0 radical (unpaired) electrons. The molecule has 1 fully saturated rings. The summed E-state index contributed by atoms with van der Waals surface area (Å²) in [5, 5.41) is 6.35. The van der Waals surface area contributed by atoms with Gasteiger partial charge < -0.3 is 15.4 Å². The van der Waals surface area contributed by atoms with E-state index in [4.69, 9.17) is 4.74 Å². The first-order chi connectivity index (χ1) is 10.3. The number of carbonyl (C=O) groups excluding carboxylic acids is 1. The highest BCUT2D eigenvalue weighted by atomic mass is 16.5. The lowest BCUT2D eigenvalue weighted by Gasteiger charge is -2.19. The quantitative estimate of drug-likeness (QED) is 0.812. The number of ether oxygens (including phenoxy) is 1. The predicted molar refractivity (Wildman–Crippen MR) is 82.9 cm³/mol. The van der Waals surface area contributed by atoms with Crippen molar-refractivity contribution >= 4 is 5.91 Å². The summed E-state index contributed by atoms with van der Waals surface area (Å²) in [6, 6.07) is 8.04. The molecule has 5 nitrogen and oxygen atoms in total. The maximum Gasteiger partial charge on any atom is 0.234 e. The maximum absolute atomic E-state index is 12.1. The van der Waals surface area contributed by atoms with Crippen LogP contribution < -0.4 is 10.6 Å². The fourth-order valence-electron chi connectivity index (χ4n) is 2.54. The molecule has 0 saturated carbocycles. The predicted octanol–water partition coefficient (Wildman–Crippen LogP) is 0.745. The third kappa shape index (κ3) is 5.46. The summed E-state index contributed by atoms with van der Waals surface area (Å²) in [4.78, 5) is 14.3. The van der Waals surface area contributed by atoms with Gasteiger partial charge in [-0.25, -0.2) is 0 Å². The van der Waals surface area contributed by atoms with Gasteiger partial charge in [0.15, 0.2) is 0 Å². The van der Waals surface area contributed by atoms with E-state index in [9.17, 15) is 4.79 Å². The van der Waals surface area contributed by atoms with Gasteiger partial charge in [0.25, 0.3) is 0 Å². The zero-order valence-electron chi connectivity index (χ0n) is 12.7. The lowest BCUT2D eigenvalue weighted by Crippen LogP contribution is -2.38. The normalized spacial score (nSPS) is 16.4. The Morgan fingerprint density at radius 3 is 2.90 bits per heavy atom. The molecule has 1 aliphatic heterocycles. The Morgan fingerprint density at radius 1 is 1.29 bits per heavy atom. The van der Waals surface area contributed by atoms with Crippen molar-refractivity contribution < 1.29 is 9.53 Å². The molecule has 116 valence electrons. The lowest BCUT2D eigenvalue weighted by atomic mass is 10.1. The molecule has 2 N–H and O–H groups in total. The molecule has 0 aromatic heterocycles. The van der Waals surface area contributed by atoms with Crippen molar-refractivity contribution in [1.82, 2.24) is 15.5 Å². The van der Waals surface area contributed by atoms with Gasteiger partial charge in [-0.2, -0.15) is 0 Å². The second-order valence-electron chi connectivity index (χ2n) is 5.36. The standard InChI is InChI=1S/C16H25N3O2/c1-21-13-15-6-3-2-5-14(15)11-18-16(20)12-19-9-4-7-17-8-10-19/h2-3,5-6,17H,4,7-13H2,1H3,(H,18,20). The molecular formula is C16H25N3O2. The van der Waals surface area contributed by atoms with Crippen LogP contribution in [0.15, 0.2) is 24.3 Å². The van der Waals surface area contributed by atoms with Crippen LogP contribution >= 0.6 is 0 Å². The van der Waals surface area contributed by atoms with Gasteiger partial charge in [0.2, 0.25) is 5.91 Å². The van der Waals surface area contributed by atoms with E-state index in [1.807, 2.05) is 24.3 Å². The first-order valence-electron chi connectivity index (χ1n) is 7.55. The summed E-state index contributed by atoms with van der Waals surface area (Å²) in [6.45, 7) is 5.54. The van der Waals surface area contributed by atoms with E-state index in [2.05, 4.69) is 15.5 Å². The van der Waals surface area contributed by atoms with Crippen LogP contribution in [0.2, 0.25) is 0 Å². The van der Waals surface area contributed by atoms with Gasteiger partial charge in [-0.05, 0) is 30.6 Å². The van der Waals surface area contributed by atoms with Crippen molar-refractivity contribution in [2.24, 2.45) is 0 Å². The smallest absolute Gasteiger partial charge is 0.234 e. The molecule has 5 heteroatoms. The molecule has 0 spiro atoms. The Hall–Kier alpha value is -1.43. The third-order valence-corrected chi connectivity index (χ3v) is 3.69. The molecule has 1 aromatic carbocycles. The van der Waals surface area contributed by atoms with Crippen LogP contribution in [0.3, 0.4) is 0 Å². The van der Waals surface area contributed by atoms with E-state index >= 15 is 0 Å². The second kappa shape index (κ2) is 8.77. The topological polar surface area (TPSA) is 53.6 Å². The number of carbonyl (C=O) groups is 1. The van der Waals surface area contributed by atoms with Crippen LogP contribution in [0.1, 0.15) is 17.5 Å². The molecule has 1 heterocycles. The van der Waals surface area contributed by atoms with E-state index < -0.39 is 0 Å². The van der Waals surface area contributed by atoms with Crippen molar-refractivity contribution in [3.05, 3.63) is 35.4 Å². The first-order valence-corrected chi connectivity index (χ1v) is 7.55. The van der Waals surface area contributed by atoms with Gasteiger partial charge in [-0.1, -0.05) is 24.3 Å². The minimum atomic E-state index is 0.0871. The summed E-state index contributed by atoms with van der Waals surface area (Å²) in [7, 11) is 1.68. The number of amides is 1. The van der Waals surface area contributed by atoms with Crippen molar-refractivity contribution in [1.29, 1.82) is 0 Å². The molecule has 0 bridgehead atoms. The Labute approximate surface area is 126 Å². The fraction of sp³-hybridized carbons (Fsp3) is 0.562. The number of methoxy groups -OCH3 is 1. The molecule has 1 saturated heterocycles. The summed E-state index contributed by atoms with van der Waals surface area (Å²) in [5.74, 6) is 0.0871. The molecule has 1 amide bonds. The number of nitrogens with one attached hydrogen (secondary N) is 2. The van der Waals surface area contributed by atoms with Gasteiger partial charge in [0, 0.05) is 26.7 Å².